The number of likely N-dealkylation sites (tertiary alicyclic amines) is 1. The SMILES string of the molecule is CN1C2CCC1CN(C(=O)CC1CNC1)CC2. The van der Waals surface area contributed by atoms with E-state index in [4.69, 9.17) is 0 Å². The van der Waals surface area contributed by atoms with Crippen LogP contribution in [-0.4, -0.2) is 61.0 Å². The highest BCUT2D eigenvalue weighted by Crippen LogP contribution is 2.28. The molecular formula is C13H23N3O. The van der Waals surface area contributed by atoms with Gasteiger partial charge in [-0.05, 0) is 45.3 Å². The molecule has 4 heteroatoms. The fourth-order valence-electron chi connectivity index (χ4n) is 3.40. The minimum atomic E-state index is 0.387. The van der Waals surface area contributed by atoms with E-state index in [0.717, 1.165) is 38.6 Å². The molecule has 2 atom stereocenters. The Kier molecular flexibility index (Phi) is 3.09. The lowest BCUT2D eigenvalue weighted by molar-refractivity contribution is -0.132. The van der Waals surface area contributed by atoms with Crippen LogP contribution in [0.15, 0.2) is 0 Å². The van der Waals surface area contributed by atoms with Crippen LogP contribution in [0, 0.1) is 5.92 Å². The van der Waals surface area contributed by atoms with Crippen molar-refractivity contribution in [2.45, 2.75) is 37.8 Å². The molecule has 0 spiro atoms. The van der Waals surface area contributed by atoms with Crippen LogP contribution in [0.2, 0.25) is 0 Å². The second-order valence-electron chi connectivity index (χ2n) is 5.91. The van der Waals surface area contributed by atoms with Crippen LogP contribution in [0.3, 0.4) is 0 Å². The zero-order valence-electron chi connectivity index (χ0n) is 10.7. The second-order valence-corrected chi connectivity index (χ2v) is 5.91. The first-order valence-electron chi connectivity index (χ1n) is 6.94. The molecule has 0 aromatic rings. The summed E-state index contributed by atoms with van der Waals surface area (Å²) in [5.41, 5.74) is 0. The first kappa shape index (κ1) is 11.5. The van der Waals surface area contributed by atoms with Gasteiger partial charge in [0.1, 0.15) is 0 Å². The number of fused-ring (bicyclic) bond motifs is 2. The van der Waals surface area contributed by atoms with Crippen molar-refractivity contribution in [1.29, 1.82) is 0 Å². The van der Waals surface area contributed by atoms with Crippen LogP contribution in [0.4, 0.5) is 0 Å². The van der Waals surface area contributed by atoms with Crippen molar-refractivity contribution in [3.63, 3.8) is 0 Å². The van der Waals surface area contributed by atoms with Crippen LogP contribution >= 0.6 is 0 Å². The highest BCUT2D eigenvalue weighted by atomic mass is 16.2. The first-order valence-corrected chi connectivity index (χ1v) is 6.94. The number of nitrogens with one attached hydrogen (secondary N) is 1. The predicted molar refractivity (Wildman–Crippen MR) is 66.7 cm³/mol. The number of amides is 1. The van der Waals surface area contributed by atoms with Gasteiger partial charge in [0, 0.05) is 31.6 Å². The topological polar surface area (TPSA) is 35.6 Å². The summed E-state index contributed by atoms with van der Waals surface area (Å²) in [7, 11) is 2.23. The molecule has 0 radical (unpaired) electrons. The molecular weight excluding hydrogens is 214 g/mol. The van der Waals surface area contributed by atoms with Crippen LogP contribution < -0.4 is 5.32 Å². The van der Waals surface area contributed by atoms with Gasteiger partial charge in [-0.3, -0.25) is 9.69 Å². The molecule has 2 bridgehead atoms. The zero-order chi connectivity index (χ0) is 11.8. The van der Waals surface area contributed by atoms with Gasteiger partial charge >= 0.3 is 0 Å². The Bertz CT molecular complexity index is 303. The van der Waals surface area contributed by atoms with Gasteiger partial charge in [-0.2, -0.15) is 0 Å². The van der Waals surface area contributed by atoms with Crippen molar-refractivity contribution in [3.05, 3.63) is 0 Å². The van der Waals surface area contributed by atoms with Crippen molar-refractivity contribution in [2.75, 3.05) is 33.2 Å². The van der Waals surface area contributed by atoms with Crippen molar-refractivity contribution in [2.24, 2.45) is 5.92 Å². The summed E-state index contributed by atoms with van der Waals surface area (Å²) in [4.78, 5) is 16.8. The van der Waals surface area contributed by atoms with Crippen molar-refractivity contribution >= 4 is 5.91 Å². The van der Waals surface area contributed by atoms with Gasteiger partial charge in [0.15, 0.2) is 0 Å². The monoisotopic (exact) mass is 237 g/mol. The third-order valence-electron chi connectivity index (χ3n) is 4.83. The maximum atomic E-state index is 12.2. The summed E-state index contributed by atoms with van der Waals surface area (Å²) >= 11 is 0. The van der Waals surface area contributed by atoms with Crippen molar-refractivity contribution in [1.82, 2.24) is 15.1 Å². The van der Waals surface area contributed by atoms with E-state index in [1.807, 2.05) is 0 Å². The van der Waals surface area contributed by atoms with Crippen LogP contribution in [-0.2, 0) is 4.79 Å². The number of nitrogens with zero attached hydrogens (tertiary/aromatic N) is 2. The van der Waals surface area contributed by atoms with Gasteiger partial charge in [0.05, 0.1) is 0 Å². The molecule has 96 valence electrons. The molecule has 4 nitrogen and oxygen atoms in total. The minimum Gasteiger partial charge on any atom is -0.341 e. The van der Waals surface area contributed by atoms with E-state index in [-0.39, 0.29) is 0 Å². The van der Waals surface area contributed by atoms with Crippen LogP contribution in [0.5, 0.6) is 0 Å². The quantitative estimate of drug-likeness (QED) is 0.750. The number of carbonyl (C=O) groups is 1. The Morgan fingerprint density at radius 1 is 1.24 bits per heavy atom. The maximum Gasteiger partial charge on any atom is 0.222 e. The van der Waals surface area contributed by atoms with E-state index in [9.17, 15) is 4.79 Å². The molecule has 0 aliphatic carbocycles. The molecule has 1 N–H and O–H groups in total. The average Bonchev–Trinajstić information content (AvgIpc) is 2.47. The van der Waals surface area contributed by atoms with E-state index in [1.54, 1.807) is 0 Å². The molecule has 0 aromatic carbocycles. The summed E-state index contributed by atoms with van der Waals surface area (Å²) in [6, 6.07) is 1.34. The highest BCUT2D eigenvalue weighted by molar-refractivity contribution is 5.76. The highest BCUT2D eigenvalue weighted by Gasteiger charge is 2.36. The molecule has 2 unspecified atom stereocenters. The number of hydrogen-bond acceptors (Lipinski definition) is 3. The Morgan fingerprint density at radius 2 is 2.00 bits per heavy atom. The number of likely N-dealkylation sites (N-methyl/N-ethyl adjacent to an activating group) is 1. The van der Waals surface area contributed by atoms with Crippen molar-refractivity contribution < 1.29 is 4.79 Å². The molecule has 17 heavy (non-hydrogen) atoms. The predicted octanol–water partition coefficient (Wildman–Crippen LogP) is 0.291. The fourth-order valence-corrected chi connectivity index (χ4v) is 3.40. The second kappa shape index (κ2) is 4.58. The molecule has 3 aliphatic heterocycles. The first-order chi connectivity index (χ1) is 8.24. The van der Waals surface area contributed by atoms with E-state index in [0.29, 0.717) is 17.9 Å². The Hall–Kier alpha value is -0.610. The Balaban J connectivity index is 1.58. The van der Waals surface area contributed by atoms with Gasteiger partial charge in [-0.25, -0.2) is 0 Å². The lowest BCUT2D eigenvalue weighted by Gasteiger charge is -2.31. The molecule has 3 saturated heterocycles. The molecule has 3 aliphatic rings. The van der Waals surface area contributed by atoms with Gasteiger partial charge in [-0.15, -0.1) is 0 Å². The average molecular weight is 237 g/mol. The van der Waals surface area contributed by atoms with Gasteiger partial charge in [0.2, 0.25) is 5.91 Å². The van der Waals surface area contributed by atoms with Gasteiger partial charge < -0.3 is 10.2 Å². The van der Waals surface area contributed by atoms with E-state index in [1.165, 1.54) is 19.3 Å². The third-order valence-corrected chi connectivity index (χ3v) is 4.83. The largest absolute Gasteiger partial charge is 0.341 e. The van der Waals surface area contributed by atoms with Gasteiger partial charge in [0.25, 0.3) is 0 Å². The zero-order valence-corrected chi connectivity index (χ0v) is 10.7. The summed E-state index contributed by atoms with van der Waals surface area (Å²) < 4.78 is 0. The lowest BCUT2D eigenvalue weighted by atomic mass is 9.98. The maximum absolute atomic E-state index is 12.2. The van der Waals surface area contributed by atoms with Gasteiger partial charge in [-0.1, -0.05) is 0 Å². The van der Waals surface area contributed by atoms with Crippen LogP contribution in [0.1, 0.15) is 25.7 Å². The molecule has 3 rings (SSSR count). The molecule has 1 amide bonds. The Morgan fingerprint density at radius 3 is 2.71 bits per heavy atom. The third kappa shape index (κ3) is 2.20. The fraction of sp³-hybridized carbons (Fsp3) is 0.923. The number of hydrogen-bond donors (Lipinski definition) is 1. The summed E-state index contributed by atoms with van der Waals surface area (Å²) in [5.74, 6) is 0.984. The van der Waals surface area contributed by atoms with E-state index < -0.39 is 0 Å². The molecule has 0 saturated carbocycles. The standard InChI is InChI=1S/C13H23N3O/c1-15-11-2-3-12(15)9-16(5-4-11)13(17)6-10-7-14-8-10/h10-12,14H,2-9H2,1H3. The number of rotatable bonds is 2. The summed E-state index contributed by atoms with van der Waals surface area (Å²) in [5, 5.41) is 3.24. The molecule has 0 aromatic heterocycles. The summed E-state index contributed by atoms with van der Waals surface area (Å²) in [6.07, 6.45) is 4.53. The smallest absolute Gasteiger partial charge is 0.222 e. The van der Waals surface area contributed by atoms with E-state index >= 15 is 0 Å². The lowest BCUT2D eigenvalue weighted by Crippen LogP contribution is -2.46. The van der Waals surface area contributed by atoms with Crippen molar-refractivity contribution in [3.8, 4) is 0 Å². The minimum absolute atomic E-state index is 0.387. The summed E-state index contributed by atoms with van der Waals surface area (Å²) in [6.45, 7) is 4.01. The molecule has 3 fully saturated rings. The normalized spacial score (nSPS) is 34.5. The number of carbonyl (C=O) groups excluding carboxylic acids is 1. The Labute approximate surface area is 103 Å². The van der Waals surface area contributed by atoms with Crippen LogP contribution in [0.25, 0.3) is 0 Å². The molecule has 3 heterocycles. The van der Waals surface area contributed by atoms with E-state index in [2.05, 4.69) is 22.2 Å².